The van der Waals surface area contributed by atoms with E-state index in [9.17, 15) is 5.11 Å². The first-order valence-electron chi connectivity index (χ1n) is 8.53. The monoisotopic (exact) mass is 363 g/mol. The van der Waals surface area contributed by atoms with Gasteiger partial charge in [-0.25, -0.2) is 0 Å². The number of benzene rings is 2. The topological polar surface area (TPSA) is 46.2 Å². The maximum Gasteiger partial charge on any atom is 0.134 e. The standard InChI is InChI=1S/C20H23Cl2NO/c21-19-17(7-4-8-18(19)24)20(22,13-14-5-2-1-3-6-14)15-9-11-16(23)12-10-15/h4,7-12,14,24H,1-3,5-6,13,23H2. The molecule has 0 saturated heterocycles. The van der Waals surface area contributed by atoms with Gasteiger partial charge in [0.25, 0.3) is 0 Å². The Morgan fingerprint density at radius 3 is 2.38 bits per heavy atom. The molecule has 2 aromatic rings. The second-order valence-corrected chi connectivity index (χ2v) is 7.79. The van der Waals surface area contributed by atoms with Crippen LogP contribution in [0.5, 0.6) is 5.75 Å². The van der Waals surface area contributed by atoms with Crippen LogP contribution in [0, 0.1) is 5.92 Å². The van der Waals surface area contributed by atoms with Gasteiger partial charge >= 0.3 is 0 Å². The van der Waals surface area contributed by atoms with Gasteiger partial charge in [-0.3, -0.25) is 0 Å². The molecule has 1 aliphatic rings. The van der Waals surface area contributed by atoms with E-state index in [1.54, 1.807) is 12.1 Å². The summed E-state index contributed by atoms with van der Waals surface area (Å²) in [6.07, 6.45) is 7.02. The fraction of sp³-hybridized carbons (Fsp3) is 0.400. The molecule has 2 aromatic carbocycles. The summed E-state index contributed by atoms with van der Waals surface area (Å²) < 4.78 is 0. The van der Waals surface area contributed by atoms with E-state index < -0.39 is 4.87 Å². The normalized spacial score (nSPS) is 18.2. The molecule has 3 rings (SSSR count). The molecule has 2 nitrogen and oxygen atoms in total. The van der Waals surface area contributed by atoms with Gasteiger partial charge in [-0.2, -0.15) is 0 Å². The highest BCUT2D eigenvalue weighted by Crippen LogP contribution is 2.48. The van der Waals surface area contributed by atoms with Crippen LogP contribution in [0.4, 0.5) is 5.69 Å². The average Bonchev–Trinajstić information content (AvgIpc) is 2.58. The van der Waals surface area contributed by atoms with E-state index in [1.807, 2.05) is 30.3 Å². The zero-order valence-electron chi connectivity index (χ0n) is 13.6. The van der Waals surface area contributed by atoms with E-state index >= 15 is 0 Å². The molecule has 1 fully saturated rings. The molecule has 0 spiro atoms. The van der Waals surface area contributed by atoms with Crippen LogP contribution in [0.2, 0.25) is 5.02 Å². The lowest BCUT2D eigenvalue weighted by atomic mass is 9.77. The third kappa shape index (κ3) is 3.50. The lowest BCUT2D eigenvalue weighted by Crippen LogP contribution is -2.26. The van der Waals surface area contributed by atoms with Crippen molar-refractivity contribution in [1.29, 1.82) is 0 Å². The third-order valence-electron chi connectivity index (χ3n) is 5.07. The second kappa shape index (κ2) is 7.25. The number of anilines is 1. The number of nitrogen functional groups attached to an aromatic ring is 1. The zero-order valence-corrected chi connectivity index (χ0v) is 15.2. The number of phenols is 1. The fourth-order valence-electron chi connectivity index (χ4n) is 3.75. The first kappa shape index (κ1) is 17.4. The van der Waals surface area contributed by atoms with Crippen molar-refractivity contribution in [3.8, 4) is 5.75 Å². The Hall–Kier alpha value is -1.38. The predicted octanol–water partition coefficient (Wildman–Crippen LogP) is 6.08. The number of aromatic hydroxyl groups is 1. The van der Waals surface area contributed by atoms with Crippen LogP contribution < -0.4 is 5.73 Å². The average molecular weight is 364 g/mol. The Labute approximate surface area is 153 Å². The van der Waals surface area contributed by atoms with Crippen molar-refractivity contribution in [1.82, 2.24) is 0 Å². The summed E-state index contributed by atoms with van der Waals surface area (Å²) in [6.45, 7) is 0. The first-order valence-corrected chi connectivity index (χ1v) is 9.29. The van der Waals surface area contributed by atoms with Gasteiger partial charge < -0.3 is 10.8 Å². The number of halogens is 2. The maximum atomic E-state index is 10.0. The number of alkyl halides is 1. The molecular weight excluding hydrogens is 341 g/mol. The van der Waals surface area contributed by atoms with Gasteiger partial charge in [-0.05, 0) is 41.7 Å². The molecule has 0 aliphatic heterocycles. The van der Waals surface area contributed by atoms with E-state index in [4.69, 9.17) is 28.9 Å². The molecule has 0 amide bonds. The van der Waals surface area contributed by atoms with E-state index in [0.717, 1.165) is 17.5 Å². The summed E-state index contributed by atoms with van der Waals surface area (Å²) in [5, 5.41) is 10.4. The zero-order chi connectivity index (χ0) is 17.2. The van der Waals surface area contributed by atoms with Crippen LogP contribution in [0.15, 0.2) is 42.5 Å². The highest BCUT2D eigenvalue weighted by molar-refractivity contribution is 6.35. The summed E-state index contributed by atoms with van der Waals surface area (Å²) in [5.41, 5.74) is 8.28. The summed E-state index contributed by atoms with van der Waals surface area (Å²) in [4.78, 5) is -0.758. The summed E-state index contributed by atoms with van der Waals surface area (Å²) >= 11 is 13.6. The van der Waals surface area contributed by atoms with Crippen molar-refractivity contribution >= 4 is 28.9 Å². The Morgan fingerprint density at radius 1 is 1.04 bits per heavy atom. The first-order chi connectivity index (χ1) is 11.5. The molecule has 0 aromatic heterocycles. The van der Waals surface area contributed by atoms with Crippen molar-refractivity contribution in [3.05, 3.63) is 58.6 Å². The minimum absolute atomic E-state index is 0.0679. The Bertz CT molecular complexity index is 695. The third-order valence-corrected chi connectivity index (χ3v) is 6.04. The quantitative estimate of drug-likeness (QED) is 0.510. The van der Waals surface area contributed by atoms with Gasteiger partial charge in [0.2, 0.25) is 0 Å². The molecule has 1 unspecified atom stereocenters. The molecular formula is C20H23Cl2NO. The largest absolute Gasteiger partial charge is 0.506 e. The number of hydrogen-bond acceptors (Lipinski definition) is 2. The second-order valence-electron chi connectivity index (χ2n) is 6.77. The van der Waals surface area contributed by atoms with Gasteiger partial charge in [0, 0.05) is 5.69 Å². The SMILES string of the molecule is Nc1ccc(C(Cl)(CC2CCCCC2)c2cccc(O)c2Cl)cc1. The van der Waals surface area contributed by atoms with Crippen LogP contribution >= 0.6 is 23.2 Å². The van der Waals surface area contributed by atoms with Crippen LogP contribution in [0.3, 0.4) is 0 Å². The summed E-state index contributed by atoms with van der Waals surface area (Å²) in [5.74, 6) is 0.630. The summed E-state index contributed by atoms with van der Waals surface area (Å²) in [7, 11) is 0. The molecule has 128 valence electrons. The predicted molar refractivity (Wildman–Crippen MR) is 102 cm³/mol. The highest BCUT2D eigenvalue weighted by Gasteiger charge is 2.37. The molecule has 4 heteroatoms. The van der Waals surface area contributed by atoms with Gasteiger partial charge in [0.1, 0.15) is 5.75 Å². The van der Waals surface area contributed by atoms with Crippen molar-refractivity contribution in [2.24, 2.45) is 5.92 Å². The van der Waals surface area contributed by atoms with Crippen molar-refractivity contribution in [3.63, 3.8) is 0 Å². The van der Waals surface area contributed by atoms with Gasteiger partial charge in [0.15, 0.2) is 0 Å². The van der Waals surface area contributed by atoms with Crippen molar-refractivity contribution in [2.75, 3.05) is 5.73 Å². The smallest absolute Gasteiger partial charge is 0.134 e. The van der Waals surface area contributed by atoms with Crippen molar-refractivity contribution in [2.45, 2.75) is 43.4 Å². The Balaban J connectivity index is 2.05. The molecule has 3 N–H and O–H groups in total. The minimum Gasteiger partial charge on any atom is -0.506 e. The van der Waals surface area contributed by atoms with Crippen LogP contribution in [0.1, 0.15) is 49.7 Å². The van der Waals surface area contributed by atoms with Crippen LogP contribution in [-0.4, -0.2) is 5.11 Å². The van der Waals surface area contributed by atoms with Crippen LogP contribution in [-0.2, 0) is 4.87 Å². The van der Waals surface area contributed by atoms with Gasteiger partial charge in [0.05, 0.1) is 9.90 Å². The number of nitrogens with two attached hydrogens (primary N) is 1. The fourth-order valence-corrected chi connectivity index (χ4v) is 4.58. The van der Waals surface area contributed by atoms with E-state index in [-0.39, 0.29) is 5.75 Å². The van der Waals surface area contributed by atoms with Gasteiger partial charge in [-0.15, -0.1) is 11.6 Å². The van der Waals surface area contributed by atoms with Gasteiger partial charge in [-0.1, -0.05) is 68.0 Å². The summed E-state index contributed by atoms with van der Waals surface area (Å²) in [6, 6.07) is 13.0. The Morgan fingerprint density at radius 2 is 1.71 bits per heavy atom. The molecule has 1 atom stereocenters. The Kier molecular flexibility index (Phi) is 5.27. The number of rotatable bonds is 4. The lowest BCUT2D eigenvalue weighted by Gasteiger charge is -2.34. The minimum atomic E-state index is -0.758. The maximum absolute atomic E-state index is 10.0. The lowest BCUT2D eigenvalue weighted by molar-refractivity contribution is 0.316. The van der Waals surface area contributed by atoms with Crippen molar-refractivity contribution < 1.29 is 5.11 Å². The molecule has 0 bridgehead atoms. The molecule has 24 heavy (non-hydrogen) atoms. The molecule has 0 radical (unpaired) electrons. The molecule has 1 saturated carbocycles. The number of hydrogen-bond donors (Lipinski definition) is 2. The highest BCUT2D eigenvalue weighted by atomic mass is 35.5. The molecule has 0 heterocycles. The molecule has 1 aliphatic carbocycles. The van der Waals surface area contributed by atoms with Crippen LogP contribution in [0.25, 0.3) is 0 Å². The van der Waals surface area contributed by atoms with E-state index in [2.05, 4.69) is 0 Å². The van der Waals surface area contributed by atoms with E-state index in [1.165, 1.54) is 32.1 Å². The van der Waals surface area contributed by atoms with E-state index in [0.29, 0.717) is 16.6 Å². The number of phenolic OH excluding ortho intramolecular Hbond substituents is 1.